The Labute approximate surface area is 344 Å². The molecule has 2 heterocycles. The van der Waals surface area contributed by atoms with Crippen LogP contribution in [0.4, 0.5) is 34.1 Å². The van der Waals surface area contributed by atoms with Gasteiger partial charge in [0.25, 0.3) is 0 Å². The third-order valence-corrected chi connectivity index (χ3v) is 12.6. The van der Waals surface area contributed by atoms with Gasteiger partial charge in [0.1, 0.15) is 0 Å². The maximum atomic E-state index is 2.59. The highest BCUT2D eigenvalue weighted by Crippen LogP contribution is 2.40. The van der Waals surface area contributed by atoms with Crippen molar-refractivity contribution in [2.75, 3.05) is 9.80 Å². The van der Waals surface area contributed by atoms with Crippen LogP contribution in [0.1, 0.15) is 33.4 Å². The smallest absolute Gasteiger partial charge is 0.247 e. The molecular weight excluding hydrogens is 698 g/mol. The molecule has 0 unspecified atom stereocenters. The van der Waals surface area contributed by atoms with Gasteiger partial charge in [0.2, 0.25) is 13.4 Å². The number of rotatable bonds is 6. The van der Waals surface area contributed by atoms with Gasteiger partial charge in [-0.25, -0.2) is 0 Å². The van der Waals surface area contributed by atoms with Crippen molar-refractivity contribution in [1.29, 1.82) is 0 Å². The Kier molecular flexibility index (Phi) is 8.75. The molecule has 0 spiro atoms. The van der Waals surface area contributed by atoms with Gasteiger partial charge in [0.05, 0.1) is 0 Å². The molecule has 2 aliphatic heterocycles. The number of benzene rings is 8. The summed E-state index contributed by atoms with van der Waals surface area (Å²) in [6.45, 7) is 13.8. The van der Waals surface area contributed by atoms with Crippen LogP contribution in [0.2, 0.25) is 0 Å². The lowest BCUT2D eigenvalue weighted by molar-refractivity contribution is 1.28. The molecule has 10 rings (SSSR count). The second-order valence-electron chi connectivity index (χ2n) is 16.5. The largest absolute Gasteiger partial charge is 0.313 e. The summed E-state index contributed by atoms with van der Waals surface area (Å²) in [4.78, 5) is 4.91. The van der Waals surface area contributed by atoms with Gasteiger partial charge in [0, 0.05) is 34.1 Å². The first-order chi connectivity index (χ1) is 28.3. The second kappa shape index (κ2) is 14.1. The predicted octanol–water partition coefficient (Wildman–Crippen LogP) is 9.80. The fourth-order valence-electron chi connectivity index (χ4n) is 10.4. The van der Waals surface area contributed by atoms with Gasteiger partial charge in [-0.3, -0.25) is 0 Å². The molecule has 0 saturated carbocycles. The van der Waals surface area contributed by atoms with E-state index < -0.39 is 0 Å². The quantitative estimate of drug-likeness (QED) is 0.157. The highest BCUT2D eigenvalue weighted by molar-refractivity contribution is 7.02. The van der Waals surface area contributed by atoms with Crippen molar-refractivity contribution in [3.63, 3.8) is 0 Å². The predicted molar refractivity (Wildman–Crippen MR) is 252 cm³/mol. The molecule has 58 heavy (non-hydrogen) atoms. The summed E-state index contributed by atoms with van der Waals surface area (Å²) < 4.78 is 0. The van der Waals surface area contributed by atoms with Crippen molar-refractivity contribution in [3.8, 4) is 11.1 Å². The lowest BCUT2D eigenvalue weighted by Gasteiger charge is -2.44. The molecule has 0 radical (unpaired) electrons. The zero-order chi connectivity index (χ0) is 39.7. The molecule has 0 amide bonds. The van der Waals surface area contributed by atoms with E-state index >= 15 is 0 Å². The van der Waals surface area contributed by atoms with Crippen molar-refractivity contribution in [2.45, 2.75) is 41.5 Å². The average Bonchev–Trinajstić information content (AvgIpc) is 3.22. The van der Waals surface area contributed by atoms with Gasteiger partial charge in [0.15, 0.2) is 0 Å². The van der Waals surface area contributed by atoms with Crippen LogP contribution in [0.5, 0.6) is 0 Å². The Hall–Kier alpha value is -6.51. The van der Waals surface area contributed by atoms with Gasteiger partial charge >= 0.3 is 0 Å². The zero-order valence-corrected chi connectivity index (χ0v) is 34.2. The van der Waals surface area contributed by atoms with Gasteiger partial charge in [-0.1, -0.05) is 166 Å². The first kappa shape index (κ1) is 35.9. The zero-order valence-electron chi connectivity index (χ0n) is 34.2. The maximum absolute atomic E-state index is 2.59. The third kappa shape index (κ3) is 5.81. The van der Waals surface area contributed by atoms with Crippen molar-refractivity contribution >= 4 is 80.3 Å². The van der Waals surface area contributed by atoms with Crippen LogP contribution in [0.3, 0.4) is 0 Å². The fourth-order valence-corrected chi connectivity index (χ4v) is 10.4. The van der Waals surface area contributed by atoms with Gasteiger partial charge in [-0.2, -0.15) is 0 Å². The standard InChI is InChI=1S/C54H46B2N2/c1-35-30-37(3)52(38(4)31-35)55-46-20-13-14-23-50(46)58-51-29-26-42(41-24-27-45(28-25-41)57(43-16-9-7-10-17-43)44-18-11-8-12-19-44)34-49(51)56(48-22-15-21-47(55)54(48)58)53-39(5)32-36(2)33-40(53)6/h7-34H,1-6H3. The minimum absolute atomic E-state index is 0.0683. The molecule has 8 aromatic carbocycles. The van der Waals surface area contributed by atoms with E-state index in [4.69, 9.17) is 0 Å². The minimum Gasteiger partial charge on any atom is -0.313 e. The second-order valence-corrected chi connectivity index (χ2v) is 16.5. The van der Waals surface area contributed by atoms with E-state index in [1.807, 2.05) is 0 Å². The van der Waals surface area contributed by atoms with Crippen LogP contribution < -0.4 is 42.6 Å². The number of para-hydroxylation sites is 4. The molecule has 0 aromatic heterocycles. The van der Waals surface area contributed by atoms with E-state index in [2.05, 4.69) is 221 Å². The summed E-state index contributed by atoms with van der Waals surface area (Å²) in [6, 6.07) is 63.3. The lowest BCUT2D eigenvalue weighted by Crippen LogP contribution is -2.66. The number of aryl methyl sites for hydroxylation is 6. The number of anilines is 6. The highest BCUT2D eigenvalue weighted by Gasteiger charge is 2.44. The Morgan fingerprint density at radius 3 is 1.34 bits per heavy atom. The summed E-state index contributed by atoms with van der Waals surface area (Å²) in [5, 5.41) is 0. The summed E-state index contributed by atoms with van der Waals surface area (Å²) in [5.41, 5.74) is 26.0. The highest BCUT2D eigenvalue weighted by atomic mass is 15.2. The number of hydrogen-bond donors (Lipinski definition) is 0. The molecule has 0 aliphatic carbocycles. The number of hydrogen-bond acceptors (Lipinski definition) is 2. The van der Waals surface area contributed by atoms with Gasteiger partial charge < -0.3 is 9.80 Å². The van der Waals surface area contributed by atoms with E-state index in [0.717, 1.165) is 17.1 Å². The van der Waals surface area contributed by atoms with E-state index in [-0.39, 0.29) is 13.4 Å². The average molecular weight is 745 g/mol. The molecule has 0 atom stereocenters. The van der Waals surface area contributed by atoms with Crippen LogP contribution in [0.15, 0.2) is 170 Å². The molecule has 0 fully saturated rings. The molecule has 4 heteroatoms. The SMILES string of the molecule is Cc1cc(C)c(B2c3ccccc3N3c4ccc(-c5ccc(N(c6ccccc6)c6ccccc6)cc5)cc4B(c4c(C)cc(C)cc4C)c4cccc2c43)c(C)c1. The van der Waals surface area contributed by atoms with E-state index in [0.29, 0.717) is 0 Å². The molecule has 0 bridgehead atoms. The molecule has 0 N–H and O–H groups in total. The first-order valence-electron chi connectivity index (χ1n) is 20.6. The van der Waals surface area contributed by atoms with Crippen LogP contribution in [0, 0.1) is 41.5 Å². The topological polar surface area (TPSA) is 6.48 Å². The normalized spacial score (nSPS) is 12.6. The van der Waals surface area contributed by atoms with Gasteiger partial charge in [-0.15, -0.1) is 0 Å². The lowest BCUT2D eigenvalue weighted by atomic mass is 9.29. The Bertz CT molecular complexity index is 2780. The van der Waals surface area contributed by atoms with Crippen LogP contribution in [-0.4, -0.2) is 13.4 Å². The molecule has 0 saturated heterocycles. The van der Waals surface area contributed by atoms with Crippen LogP contribution >= 0.6 is 0 Å². The monoisotopic (exact) mass is 744 g/mol. The van der Waals surface area contributed by atoms with Crippen LogP contribution in [-0.2, 0) is 0 Å². The number of nitrogens with zero attached hydrogens (tertiary/aromatic N) is 2. The molecular formula is C54H46B2N2. The van der Waals surface area contributed by atoms with E-state index in [1.165, 1.54) is 94.3 Å². The molecule has 278 valence electrons. The van der Waals surface area contributed by atoms with E-state index in [1.54, 1.807) is 0 Å². The fraction of sp³-hybridized carbons (Fsp3) is 0.111. The third-order valence-electron chi connectivity index (χ3n) is 12.6. The summed E-state index contributed by atoms with van der Waals surface area (Å²) in [5.74, 6) is 0. The summed E-state index contributed by atoms with van der Waals surface area (Å²) in [7, 11) is 0. The van der Waals surface area contributed by atoms with Crippen LogP contribution in [0.25, 0.3) is 11.1 Å². The Morgan fingerprint density at radius 2 is 0.793 bits per heavy atom. The minimum atomic E-state index is 0.0683. The first-order valence-corrected chi connectivity index (χ1v) is 20.6. The maximum Gasteiger partial charge on any atom is 0.247 e. The van der Waals surface area contributed by atoms with Crippen molar-refractivity contribution < 1.29 is 0 Å². The summed E-state index contributed by atoms with van der Waals surface area (Å²) >= 11 is 0. The van der Waals surface area contributed by atoms with E-state index in [9.17, 15) is 0 Å². The molecule has 8 aromatic rings. The van der Waals surface area contributed by atoms with Gasteiger partial charge in [-0.05, 0) is 123 Å². The summed E-state index contributed by atoms with van der Waals surface area (Å²) in [6.07, 6.45) is 0. The Morgan fingerprint density at radius 1 is 0.362 bits per heavy atom. The van der Waals surface area contributed by atoms with Crippen molar-refractivity contribution in [3.05, 3.63) is 203 Å². The van der Waals surface area contributed by atoms with Crippen molar-refractivity contribution in [1.82, 2.24) is 0 Å². The molecule has 2 nitrogen and oxygen atoms in total. The number of fused-ring (bicyclic) bond motifs is 4. The van der Waals surface area contributed by atoms with Crippen molar-refractivity contribution in [2.24, 2.45) is 0 Å². The Balaban J connectivity index is 1.17. The molecule has 2 aliphatic rings.